The van der Waals surface area contributed by atoms with Gasteiger partial charge < -0.3 is 9.47 Å². The van der Waals surface area contributed by atoms with Crippen LogP contribution in [0.15, 0.2) is 72.0 Å². The lowest BCUT2D eigenvalue weighted by Crippen LogP contribution is -1.96. The van der Waals surface area contributed by atoms with Crippen LogP contribution in [0, 0.1) is 0 Å². The zero-order chi connectivity index (χ0) is 21.6. The van der Waals surface area contributed by atoms with Gasteiger partial charge in [-0.15, -0.1) is 10.2 Å². The molecule has 9 heteroatoms. The van der Waals surface area contributed by atoms with E-state index in [-0.39, 0.29) is 0 Å². The van der Waals surface area contributed by atoms with Crippen molar-refractivity contribution < 1.29 is 9.47 Å². The molecular weight excluding hydrogens is 416 g/mol. The number of benzene rings is 2. The van der Waals surface area contributed by atoms with Crippen LogP contribution in [0.3, 0.4) is 0 Å². The number of hydrogen-bond acceptors (Lipinski definition) is 7. The van der Waals surface area contributed by atoms with Gasteiger partial charge in [-0.3, -0.25) is 5.43 Å². The second-order valence-electron chi connectivity index (χ2n) is 6.39. The number of anilines is 1. The molecule has 4 aromatic rings. The maximum absolute atomic E-state index is 5.77. The van der Waals surface area contributed by atoms with Crippen molar-refractivity contribution in [2.75, 3.05) is 19.6 Å². The summed E-state index contributed by atoms with van der Waals surface area (Å²) in [5.41, 5.74) is 6.17. The van der Waals surface area contributed by atoms with Gasteiger partial charge in [0.05, 0.1) is 26.1 Å². The van der Waals surface area contributed by atoms with Crippen molar-refractivity contribution >= 4 is 23.6 Å². The molecule has 0 radical (unpaired) electrons. The molecule has 0 saturated carbocycles. The molecule has 2 aromatic heterocycles. The average Bonchev–Trinajstić information content (AvgIpc) is 3.24. The van der Waals surface area contributed by atoms with Crippen molar-refractivity contribution in [3.05, 3.63) is 77.6 Å². The highest BCUT2D eigenvalue weighted by molar-refractivity contribution is 6.29. The molecule has 8 nitrogen and oxygen atoms in total. The van der Waals surface area contributed by atoms with Crippen LogP contribution in [0.2, 0.25) is 5.15 Å². The van der Waals surface area contributed by atoms with Gasteiger partial charge in [0.1, 0.15) is 5.69 Å². The summed E-state index contributed by atoms with van der Waals surface area (Å²) in [5, 5.41) is 17.1. The van der Waals surface area contributed by atoms with Crippen molar-refractivity contribution in [2.24, 2.45) is 5.10 Å². The van der Waals surface area contributed by atoms with Gasteiger partial charge in [-0.25, -0.2) is 4.68 Å². The monoisotopic (exact) mass is 434 g/mol. The standard InChI is InChI=1S/C22H19ClN6O2/c1-30-18-9-8-15(12-19(18)31-2)22-16(13-24-26-21-11-10-20(23)25-27-21)14-29(28-22)17-6-4-3-5-7-17/h3-14H,1-2H3,(H,26,27). The van der Waals surface area contributed by atoms with Crippen LogP contribution in [0.4, 0.5) is 5.82 Å². The molecule has 0 saturated heterocycles. The number of halogens is 1. The third-order valence-corrected chi connectivity index (χ3v) is 4.64. The number of para-hydroxylation sites is 1. The van der Waals surface area contributed by atoms with E-state index in [1.807, 2.05) is 54.7 Å². The van der Waals surface area contributed by atoms with E-state index in [4.69, 9.17) is 26.2 Å². The lowest BCUT2D eigenvalue weighted by atomic mass is 10.1. The van der Waals surface area contributed by atoms with Gasteiger partial charge in [-0.1, -0.05) is 29.8 Å². The van der Waals surface area contributed by atoms with Gasteiger partial charge in [-0.05, 0) is 42.5 Å². The molecule has 0 unspecified atom stereocenters. The zero-order valence-electron chi connectivity index (χ0n) is 16.9. The Morgan fingerprint density at radius 1 is 0.968 bits per heavy atom. The summed E-state index contributed by atoms with van der Waals surface area (Å²) in [4.78, 5) is 0. The molecule has 4 rings (SSSR count). The first-order valence-electron chi connectivity index (χ1n) is 9.33. The average molecular weight is 435 g/mol. The van der Waals surface area contributed by atoms with Gasteiger partial charge in [0.15, 0.2) is 22.5 Å². The highest BCUT2D eigenvalue weighted by Gasteiger charge is 2.14. The van der Waals surface area contributed by atoms with Crippen LogP contribution < -0.4 is 14.9 Å². The number of rotatable bonds is 7. The van der Waals surface area contributed by atoms with Crippen molar-refractivity contribution in [1.82, 2.24) is 20.0 Å². The van der Waals surface area contributed by atoms with E-state index >= 15 is 0 Å². The van der Waals surface area contributed by atoms with E-state index in [2.05, 4.69) is 20.7 Å². The Labute approximate surface area is 184 Å². The summed E-state index contributed by atoms with van der Waals surface area (Å²) in [6.45, 7) is 0. The fourth-order valence-electron chi connectivity index (χ4n) is 2.95. The summed E-state index contributed by atoms with van der Waals surface area (Å²) >= 11 is 5.77. The Kier molecular flexibility index (Phi) is 6.09. The largest absolute Gasteiger partial charge is 0.493 e. The van der Waals surface area contributed by atoms with Gasteiger partial charge >= 0.3 is 0 Å². The molecule has 156 valence electrons. The van der Waals surface area contributed by atoms with Crippen LogP contribution in [-0.2, 0) is 0 Å². The van der Waals surface area contributed by atoms with Crippen LogP contribution in [-0.4, -0.2) is 40.4 Å². The second-order valence-corrected chi connectivity index (χ2v) is 6.78. The Bertz CT molecular complexity index is 1190. The predicted octanol–water partition coefficient (Wildman–Crippen LogP) is 4.45. The molecule has 0 spiro atoms. The second kappa shape index (κ2) is 9.27. The number of hydrazone groups is 1. The van der Waals surface area contributed by atoms with E-state index in [0.29, 0.717) is 22.5 Å². The Balaban J connectivity index is 1.71. The molecule has 2 aromatic carbocycles. The maximum Gasteiger partial charge on any atom is 0.168 e. The summed E-state index contributed by atoms with van der Waals surface area (Å²) < 4.78 is 12.6. The lowest BCUT2D eigenvalue weighted by Gasteiger charge is -2.09. The number of aromatic nitrogens is 4. The Morgan fingerprint density at radius 2 is 1.77 bits per heavy atom. The smallest absolute Gasteiger partial charge is 0.168 e. The van der Waals surface area contributed by atoms with Crippen LogP contribution in [0.1, 0.15) is 5.56 Å². The fourth-order valence-corrected chi connectivity index (χ4v) is 3.05. The first kappa shape index (κ1) is 20.4. The van der Waals surface area contributed by atoms with Crippen molar-refractivity contribution in [2.45, 2.75) is 0 Å². The molecule has 0 aliphatic rings. The third kappa shape index (κ3) is 4.65. The van der Waals surface area contributed by atoms with Crippen LogP contribution in [0.5, 0.6) is 11.5 Å². The number of nitrogens with one attached hydrogen (secondary N) is 1. The minimum absolute atomic E-state index is 0.314. The summed E-state index contributed by atoms with van der Waals surface area (Å²) in [7, 11) is 3.20. The molecule has 0 fully saturated rings. The summed E-state index contributed by atoms with van der Waals surface area (Å²) in [6, 6.07) is 18.8. The van der Waals surface area contributed by atoms with E-state index in [9.17, 15) is 0 Å². The lowest BCUT2D eigenvalue weighted by molar-refractivity contribution is 0.355. The number of nitrogens with zero attached hydrogens (tertiary/aromatic N) is 5. The predicted molar refractivity (Wildman–Crippen MR) is 120 cm³/mol. The van der Waals surface area contributed by atoms with Gasteiger partial charge in [0.25, 0.3) is 0 Å². The van der Waals surface area contributed by atoms with Gasteiger partial charge in [0.2, 0.25) is 0 Å². The highest BCUT2D eigenvalue weighted by Crippen LogP contribution is 2.33. The van der Waals surface area contributed by atoms with Crippen LogP contribution in [0.25, 0.3) is 16.9 Å². The SMILES string of the molecule is COc1ccc(-c2nn(-c3ccccc3)cc2C=NNc2ccc(Cl)nn2)cc1OC. The molecule has 0 aliphatic carbocycles. The van der Waals surface area contributed by atoms with E-state index in [1.54, 1.807) is 37.2 Å². The summed E-state index contributed by atoms with van der Waals surface area (Å²) in [5.74, 6) is 1.74. The zero-order valence-corrected chi connectivity index (χ0v) is 17.6. The normalized spacial score (nSPS) is 10.9. The van der Waals surface area contributed by atoms with Crippen molar-refractivity contribution in [3.63, 3.8) is 0 Å². The number of hydrogen-bond donors (Lipinski definition) is 1. The van der Waals surface area contributed by atoms with E-state index in [0.717, 1.165) is 22.5 Å². The van der Waals surface area contributed by atoms with Crippen LogP contribution >= 0.6 is 11.6 Å². The summed E-state index contributed by atoms with van der Waals surface area (Å²) in [6.07, 6.45) is 3.58. The Morgan fingerprint density at radius 3 is 2.48 bits per heavy atom. The quantitative estimate of drug-likeness (QED) is 0.341. The fraction of sp³-hybridized carbons (Fsp3) is 0.0909. The first-order chi connectivity index (χ1) is 15.2. The molecule has 0 amide bonds. The highest BCUT2D eigenvalue weighted by atomic mass is 35.5. The number of methoxy groups -OCH3 is 2. The topological polar surface area (TPSA) is 86.5 Å². The van der Waals surface area contributed by atoms with Gasteiger partial charge in [-0.2, -0.15) is 10.2 Å². The van der Waals surface area contributed by atoms with E-state index in [1.165, 1.54) is 0 Å². The first-order valence-corrected chi connectivity index (χ1v) is 9.71. The third-order valence-electron chi connectivity index (χ3n) is 4.43. The Hall–Kier alpha value is -3.91. The number of ether oxygens (including phenoxy) is 2. The molecule has 2 heterocycles. The molecule has 0 atom stereocenters. The molecule has 1 N–H and O–H groups in total. The van der Waals surface area contributed by atoms with Crippen molar-refractivity contribution in [3.8, 4) is 28.4 Å². The van der Waals surface area contributed by atoms with Gasteiger partial charge in [0, 0.05) is 17.3 Å². The molecular formula is C22H19ClN6O2. The van der Waals surface area contributed by atoms with E-state index < -0.39 is 0 Å². The minimum Gasteiger partial charge on any atom is -0.493 e. The maximum atomic E-state index is 5.77. The molecule has 0 aliphatic heterocycles. The molecule has 31 heavy (non-hydrogen) atoms. The van der Waals surface area contributed by atoms with Crippen molar-refractivity contribution in [1.29, 1.82) is 0 Å². The molecule has 0 bridgehead atoms. The minimum atomic E-state index is 0.314.